The SMILES string of the molecule is c1ccc(-c2nc(-c3ccccc3)nc(-c3ccc(-c4ccc5c(c4)oc4ccccc45)c4oc5c(-n6c7ccccc7c7c8sc9ccccc9c8ccc76)cccc5c34)n2)cc1. The standard InChI is InChI=1S/C57H32N4O2S/c1-3-14-33(15-4-1)55-58-56(34-16-5-2-6-17-34)60-57(59-55)43-29-28-36(35-26-27-38-37-18-8-11-24-47(37)62-48(38)32-35)53-50(43)42-21-13-23-46(52(42)63-53)61-44-22-10-7-20-41(44)51-45(61)31-30-40-39-19-9-12-25-49(39)64-54(40)51/h1-32H. The third-order valence-corrected chi connectivity index (χ3v) is 13.9. The summed E-state index contributed by atoms with van der Waals surface area (Å²) in [6.45, 7) is 0. The predicted molar refractivity (Wildman–Crippen MR) is 263 cm³/mol. The van der Waals surface area contributed by atoms with Gasteiger partial charge >= 0.3 is 0 Å². The molecule has 5 heterocycles. The summed E-state index contributed by atoms with van der Waals surface area (Å²) in [4.78, 5) is 15.5. The van der Waals surface area contributed by atoms with E-state index < -0.39 is 0 Å². The first-order chi connectivity index (χ1) is 31.7. The number of nitrogens with zero attached hydrogens (tertiary/aromatic N) is 4. The maximum absolute atomic E-state index is 7.37. The lowest BCUT2D eigenvalue weighted by molar-refractivity contribution is 0.667. The molecule has 298 valence electrons. The van der Waals surface area contributed by atoms with Crippen LogP contribution in [0.5, 0.6) is 0 Å². The average molecular weight is 837 g/mol. The van der Waals surface area contributed by atoms with Gasteiger partial charge in [-0.15, -0.1) is 11.3 Å². The number of benzene rings is 9. The number of hydrogen-bond donors (Lipinski definition) is 0. The summed E-state index contributed by atoms with van der Waals surface area (Å²) in [5.74, 6) is 1.76. The van der Waals surface area contributed by atoms with Crippen LogP contribution in [0.2, 0.25) is 0 Å². The molecule has 14 aromatic rings. The van der Waals surface area contributed by atoms with Crippen molar-refractivity contribution in [2.45, 2.75) is 0 Å². The van der Waals surface area contributed by atoms with Gasteiger partial charge in [0.2, 0.25) is 0 Å². The molecule has 0 atom stereocenters. The predicted octanol–water partition coefficient (Wildman–Crippen LogP) is 15.8. The third kappa shape index (κ3) is 5.16. The van der Waals surface area contributed by atoms with Crippen molar-refractivity contribution >= 4 is 97.2 Å². The number of rotatable bonds is 5. The van der Waals surface area contributed by atoms with Crippen molar-refractivity contribution in [1.82, 2.24) is 19.5 Å². The molecule has 0 aliphatic rings. The Morgan fingerprint density at radius 3 is 1.83 bits per heavy atom. The van der Waals surface area contributed by atoms with Gasteiger partial charge in [-0.2, -0.15) is 0 Å². The van der Waals surface area contributed by atoms with Crippen molar-refractivity contribution in [2.24, 2.45) is 0 Å². The Kier molecular flexibility index (Phi) is 7.46. The number of thiophene rings is 1. The first-order valence-corrected chi connectivity index (χ1v) is 22.2. The quantitative estimate of drug-likeness (QED) is 0.173. The van der Waals surface area contributed by atoms with Crippen molar-refractivity contribution in [3.63, 3.8) is 0 Å². The molecule has 0 aliphatic heterocycles. The second-order valence-electron chi connectivity index (χ2n) is 16.3. The Balaban J connectivity index is 1.08. The van der Waals surface area contributed by atoms with Gasteiger partial charge in [0.25, 0.3) is 0 Å². The molecule has 5 aromatic heterocycles. The van der Waals surface area contributed by atoms with Gasteiger partial charge in [-0.3, -0.25) is 0 Å². The lowest BCUT2D eigenvalue weighted by atomic mass is 9.97. The summed E-state index contributed by atoms with van der Waals surface area (Å²) in [7, 11) is 0. The zero-order valence-electron chi connectivity index (χ0n) is 34.0. The van der Waals surface area contributed by atoms with Crippen molar-refractivity contribution in [3.05, 3.63) is 194 Å². The van der Waals surface area contributed by atoms with Crippen LogP contribution in [0.15, 0.2) is 203 Å². The van der Waals surface area contributed by atoms with E-state index in [-0.39, 0.29) is 0 Å². The van der Waals surface area contributed by atoms with E-state index >= 15 is 0 Å². The molecule has 0 saturated heterocycles. The maximum Gasteiger partial charge on any atom is 0.164 e. The van der Waals surface area contributed by atoms with Crippen LogP contribution in [-0.4, -0.2) is 19.5 Å². The highest BCUT2D eigenvalue weighted by Crippen LogP contribution is 2.47. The monoisotopic (exact) mass is 836 g/mol. The van der Waals surface area contributed by atoms with Gasteiger partial charge in [-0.1, -0.05) is 140 Å². The molecule has 0 amide bonds. The molecule has 0 bridgehead atoms. The zero-order chi connectivity index (χ0) is 41.9. The summed E-state index contributed by atoms with van der Waals surface area (Å²) in [6, 6.07) is 67.6. The van der Waals surface area contributed by atoms with Gasteiger partial charge in [-0.05, 0) is 60.2 Å². The number of para-hydroxylation sites is 3. The lowest BCUT2D eigenvalue weighted by Gasteiger charge is -2.11. The Morgan fingerprint density at radius 2 is 1.02 bits per heavy atom. The third-order valence-electron chi connectivity index (χ3n) is 12.7. The van der Waals surface area contributed by atoms with Crippen LogP contribution in [0.3, 0.4) is 0 Å². The van der Waals surface area contributed by atoms with Gasteiger partial charge < -0.3 is 13.4 Å². The van der Waals surface area contributed by atoms with E-state index in [1.165, 1.54) is 30.9 Å². The van der Waals surface area contributed by atoms with E-state index in [1.807, 2.05) is 84.1 Å². The van der Waals surface area contributed by atoms with Crippen LogP contribution >= 0.6 is 11.3 Å². The molecule has 64 heavy (non-hydrogen) atoms. The van der Waals surface area contributed by atoms with E-state index in [2.05, 4.69) is 126 Å². The van der Waals surface area contributed by atoms with E-state index in [1.54, 1.807) is 0 Å². The molecular formula is C57H32N4O2S. The normalized spacial score (nSPS) is 12.1. The Morgan fingerprint density at radius 1 is 0.375 bits per heavy atom. The van der Waals surface area contributed by atoms with Gasteiger partial charge in [0.15, 0.2) is 23.1 Å². The molecular weight excluding hydrogens is 805 g/mol. The van der Waals surface area contributed by atoms with E-state index in [0.29, 0.717) is 17.5 Å². The van der Waals surface area contributed by atoms with Gasteiger partial charge in [0, 0.05) is 74.7 Å². The second-order valence-corrected chi connectivity index (χ2v) is 17.3. The Bertz CT molecular complexity index is 4140. The summed E-state index contributed by atoms with van der Waals surface area (Å²) in [6.07, 6.45) is 0. The second kappa shape index (κ2) is 13.6. The number of furan rings is 2. The molecule has 0 radical (unpaired) electrons. The highest BCUT2D eigenvalue weighted by molar-refractivity contribution is 7.26. The van der Waals surface area contributed by atoms with Crippen molar-refractivity contribution in [2.75, 3.05) is 0 Å². The fourth-order valence-electron chi connectivity index (χ4n) is 9.79. The Hall–Kier alpha value is -8.39. The van der Waals surface area contributed by atoms with Crippen LogP contribution in [0.25, 0.3) is 137 Å². The summed E-state index contributed by atoms with van der Waals surface area (Å²) < 4.78 is 18.7. The summed E-state index contributed by atoms with van der Waals surface area (Å²) in [5.41, 5.74) is 11.0. The zero-order valence-corrected chi connectivity index (χ0v) is 34.8. The molecule has 7 heteroatoms. The first kappa shape index (κ1) is 35.2. The minimum atomic E-state index is 0.564. The van der Waals surface area contributed by atoms with Crippen LogP contribution in [0.4, 0.5) is 0 Å². The van der Waals surface area contributed by atoms with E-state index in [4.69, 9.17) is 23.8 Å². The largest absolute Gasteiger partial charge is 0.456 e. The fraction of sp³-hybridized carbons (Fsp3) is 0. The maximum atomic E-state index is 7.37. The highest BCUT2D eigenvalue weighted by atomic mass is 32.1. The molecule has 6 nitrogen and oxygen atoms in total. The van der Waals surface area contributed by atoms with Crippen molar-refractivity contribution < 1.29 is 8.83 Å². The van der Waals surface area contributed by atoms with Crippen molar-refractivity contribution in [1.29, 1.82) is 0 Å². The molecule has 0 N–H and O–H groups in total. The van der Waals surface area contributed by atoms with E-state index in [0.717, 1.165) is 88.4 Å². The Labute approximate surface area is 368 Å². The van der Waals surface area contributed by atoms with Crippen LogP contribution in [0.1, 0.15) is 0 Å². The molecule has 0 spiro atoms. The minimum absolute atomic E-state index is 0.564. The number of hydrogen-bond acceptors (Lipinski definition) is 6. The fourth-order valence-corrected chi connectivity index (χ4v) is 11.1. The smallest absolute Gasteiger partial charge is 0.164 e. The number of aromatic nitrogens is 4. The lowest BCUT2D eigenvalue weighted by Crippen LogP contribution is -2.00. The van der Waals surface area contributed by atoms with Crippen LogP contribution < -0.4 is 0 Å². The van der Waals surface area contributed by atoms with Crippen LogP contribution in [-0.2, 0) is 0 Å². The molecule has 0 fully saturated rings. The number of fused-ring (bicyclic) bond motifs is 13. The average Bonchev–Trinajstić information content (AvgIpc) is 4.13. The minimum Gasteiger partial charge on any atom is -0.456 e. The topological polar surface area (TPSA) is 69.9 Å². The highest BCUT2D eigenvalue weighted by Gasteiger charge is 2.25. The molecule has 14 rings (SSSR count). The molecule has 0 unspecified atom stereocenters. The van der Waals surface area contributed by atoms with E-state index in [9.17, 15) is 0 Å². The van der Waals surface area contributed by atoms with Gasteiger partial charge in [0.1, 0.15) is 16.7 Å². The molecule has 9 aromatic carbocycles. The van der Waals surface area contributed by atoms with Crippen LogP contribution in [0, 0.1) is 0 Å². The molecule has 0 aliphatic carbocycles. The molecule has 0 saturated carbocycles. The van der Waals surface area contributed by atoms with Gasteiger partial charge in [0.05, 0.1) is 16.7 Å². The summed E-state index contributed by atoms with van der Waals surface area (Å²) >= 11 is 1.86. The summed E-state index contributed by atoms with van der Waals surface area (Å²) in [5, 5.41) is 9.06. The first-order valence-electron chi connectivity index (χ1n) is 21.3. The van der Waals surface area contributed by atoms with Crippen molar-refractivity contribution in [3.8, 4) is 51.0 Å². The van der Waals surface area contributed by atoms with Gasteiger partial charge in [-0.25, -0.2) is 15.0 Å².